The maximum atomic E-state index is 13.1. The molecule has 33 heavy (non-hydrogen) atoms. The molecule has 176 valence electrons. The topological polar surface area (TPSA) is 128 Å². The number of benzene rings is 1. The molecule has 0 radical (unpaired) electrons. The number of ether oxygens (including phenoxy) is 1. The Hall–Kier alpha value is -2.89. The molecule has 0 bridgehead atoms. The SMILES string of the molecule is CC(=O)Oc1c(C)c(C)c(C)c(NC(=O)c2sccc2S(=O)(=O)Nc2noc(C)c2Cl)c1C. The molecule has 0 aliphatic rings. The normalized spacial score (nSPS) is 11.4. The van der Waals surface area contributed by atoms with Gasteiger partial charge < -0.3 is 14.6 Å². The number of amides is 1. The van der Waals surface area contributed by atoms with Gasteiger partial charge in [-0.25, -0.2) is 8.42 Å². The molecular weight excluding hydrogens is 490 g/mol. The van der Waals surface area contributed by atoms with E-state index in [0.717, 1.165) is 28.0 Å². The average Bonchev–Trinajstić information content (AvgIpc) is 3.36. The molecule has 0 fully saturated rings. The molecule has 0 spiro atoms. The van der Waals surface area contributed by atoms with Crippen LogP contribution >= 0.6 is 22.9 Å². The second kappa shape index (κ2) is 9.16. The van der Waals surface area contributed by atoms with E-state index in [1.807, 2.05) is 20.8 Å². The van der Waals surface area contributed by atoms with E-state index in [9.17, 15) is 18.0 Å². The molecule has 3 aromatic rings. The van der Waals surface area contributed by atoms with Crippen LogP contribution in [0.25, 0.3) is 0 Å². The van der Waals surface area contributed by atoms with Crippen LogP contribution in [0.5, 0.6) is 5.75 Å². The number of aromatic nitrogens is 1. The summed E-state index contributed by atoms with van der Waals surface area (Å²) in [4.78, 5) is 24.4. The highest BCUT2D eigenvalue weighted by molar-refractivity contribution is 7.93. The lowest BCUT2D eigenvalue weighted by molar-refractivity contribution is -0.131. The predicted octanol–water partition coefficient (Wildman–Crippen LogP) is 4.91. The number of aryl methyl sites for hydroxylation is 1. The van der Waals surface area contributed by atoms with Crippen LogP contribution in [-0.4, -0.2) is 25.5 Å². The summed E-state index contributed by atoms with van der Waals surface area (Å²) in [5.74, 6) is -0.671. The van der Waals surface area contributed by atoms with Gasteiger partial charge in [0.05, 0.1) is 5.69 Å². The first kappa shape index (κ1) is 24.7. The molecule has 2 heterocycles. The summed E-state index contributed by atoms with van der Waals surface area (Å²) in [6.45, 7) is 10.0. The number of carbonyl (C=O) groups excluding carboxylic acids is 2. The molecule has 2 N–H and O–H groups in total. The average molecular weight is 512 g/mol. The summed E-state index contributed by atoms with van der Waals surface area (Å²) in [6, 6.07) is 1.31. The Morgan fingerprint density at radius 1 is 1.09 bits per heavy atom. The van der Waals surface area contributed by atoms with Crippen LogP contribution in [0.15, 0.2) is 20.9 Å². The van der Waals surface area contributed by atoms with Gasteiger partial charge in [-0.15, -0.1) is 11.3 Å². The van der Waals surface area contributed by atoms with E-state index in [1.54, 1.807) is 6.92 Å². The van der Waals surface area contributed by atoms with Gasteiger partial charge in [0.15, 0.2) is 5.76 Å². The van der Waals surface area contributed by atoms with Gasteiger partial charge in [-0.1, -0.05) is 16.8 Å². The molecule has 0 saturated heterocycles. The molecule has 1 amide bonds. The van der Waals surface area contributed by atoms with Gasteiger partial charge in [0, 0.05) is 12.5 Å². The molecule has 2 aromatic heterocycles. The van der Waals surface area contributed by atoms with Crippen molar-refractivity contribution in [2.45, 2.75) is 46.4 Å². The van der Waals surface area contributed by atoms with Crippen molar-refractivity contribution >= 4 is 56.3 Å². The highest BCUT2D eigenvalue weighted by Crippen LogP contribution is 2.37. The quantitative estimate of drug-likeness (QED) is 0.355. The summed E-state index contributed by atoms with van der Waals surface area (Å²) >= 11 is 6.97. The number of rotatable bonds is 6. The summed E-state index contributed by atoms with van der Waals surface area (Å²) in [5, 5.41) is 7.89. The van der Waals surface area contributed by atoms with Gasteiger partial charge >= 0.3 is 5.97 Å². The maximum Gasteiger partial charge on any atom is 0.308 e. The fourth-order valence-corrected chi connectivity index (χ4v) is 5.75. The minimum Gasteiger partial charge on any atom is -0.426 e. The monoisotopic (exact) mass is 511 g/mol. The molecule has 0 unspecified atom stereocenters. The van der Waals surface area contributed by atoms with Gasteiger partial charge in [-0.3, -0.25) is 14.3 Å². The summed E-state index contributed by atoms with van der Waals surface area (Å²) < 4.78 is 38.3. The lowest BCUT2D eigenvalue weighted by Crippen LogP contribution is -2.20. The third-order valence-corrected chi connectivity index (χ3v) is 8.06. The lowest BCUT2D eigenvalue weighted by atomic mass is 9.96. The molecule has 0 aliphatic carbocycles. The number of carbonyl (C=O) groups is 2. The highest BCUT2D eigenvalue weighted by Gasteiger charge is 2.28. The van der Waals surface area contributed by atoms with Crippen LogP contribution in [0.4, 0.5) is 11.5 Å². The van der Waals surface area contributed by atoms with Gasteiger partial charge in [0.1, 0.15) is 20.5 Å². The molecule has 3 rings (SSSR count). The Morgan fingerprint density at radius 2 is 1.76 bits per heavy atom. The molecule has 9 nitrogen and oxygen atoms in total. The number of sulfonamides is 1. The van der Waals surface area contributed by atoms with E-state index in [-0.39, 0.29) is 26.4 Å². The van der Waals surface area contributed by atoms with E-state index in [0.29, 0.717) is 17.0 Å². The van der Waals surface area contributed by atoms with E-state index in [4.69, 9.17) is 20.9 Å². The lowest BCUT2D eigenvalue weighted by Gasteiger charge is -2.20. The van der Waals surface area contributed by atoms with E-state index in [2.05, 4.69) is 15.2 Å². The summed E-state index contributed by atoms with van der Waals surface area (Å²) in [7, 11) is -4.18. The summed E-state index contributed by atoms with van der Waals surface area (Å²) in [5.41, 5.74) is 3.39. The fourth-order valence-electron chi connectivity index (χ4n) is 3.25. The minimum absolute atomic E-state index is 0.0270. The second-order valence-corrected chi connectivity index (χ2v) is 10.3. The first-order valence-corrected chi connectivity index (χ1v) is 12.4. The van der Waals surface area contributed by atoms with Crippen LogP contribution in [0.1, 0.15) is 44.6 Å². The standard InChI is InChI=1S/C21H22ClN3O6S2/c1-9-10(2)17(12(4)18(11(9)3)30-14(6)26)23-21(27)19-15(7-8-32-19)33(28,29)25-20-16(22)13(5)31-24-20/h7-8H,1-6H3,(H,23,27)(H,24,25). The first-order valence-electron chi connectivity index (χ1n) is 9.67. The number of hydrogen-bond donors (Lipinski definition) is 2. The van der Waals surface area contributed by atoms with E-state index < -0.39 is 21.9 Å². The van der Waals surface area contributed by atoms with Crippen molar-refractivity contribution in [1.29, 1.82) is 0 Å². The van der Waals surface area contributed by atoms with Crippen molar-refractivity contribution in [3.63, 3.8) is 0 Å². The zero-order chi connectivity index (χ0) is 24.7. The number of anilines is 2. The number of thiophene rings is 1. The molecule has 1 aromatic carbocycles. The summed E-state index contributed by atoms with van der Waals surface area (Å²) in [6.07, 6.45) is 0. The first-order chi connectivity index (χ1) is 15.3. The molecule has 0 aliphatic heterocycles. The van der Waals surface area contributed by atoms with Crippen LogP contribution in [-0.2, 0) is 14.8 Å². The highest BCUT2D eigenvalue weighted by atomic mass is 35.5. The zero-order valence-corrected chi connectivity index (χ0v) is 21.1. The Morgan fingerprint density at radius 3 is 2.33 bits per heavy atom. The van der Waals surface area contributed by atoms with Crippen molar-refractivity contribution in [3.05, 3.63) is 49.4 Å². The van der Waals surface area contributed by atoms with E-state index in [1.165, 1.54) is 25.3 Å². The van der Waals surface area contributed by atoms with Crippen molar-refractivity contribution in [2.24, 2.45) is 0 Å². The van der Waals surface area contributed by atoms with Crippen molar-refractivity contribution in [1.82, 2.24) is 5.16 Å². The Labute approximate surface area is 200 Å². The van der Waals surface area contributed by atoms with E-state index >= 15 is 0 Å². The molecule has 0 saturated carbocycles. The largest absolute Gasteiger partial charge is 0.426 e. The fraction of sp³-hybridized carbons (Fsp3) is 0.286. The van der Waals surface area contributed by atoms with Gasteiger partial charge in [0.2, 0.25) is 5.82 Å². The smallest absolute Gasteiger partial charge is 0.308 e. The number of nitrogens with one attached hydrogen (secondary N) is 2. The van der Waals surface area contributed by atoms with Crippen molar-refractivity contribution in [2.75, 3.05) is 10.0 Å². The molecular formula is C21H22ClN3O6S2. The van der Waals surface area contributed by atoms with Gasteiger partial charge in [0.25, 0.3) is 15.9 Å². The molecule has 12 heteroatoms. The van der Waals surface area contributed by atoms with Crippen LogP contribution in [0.2, 0.25) is 5.02 Å². The Kier molecular flexibility index (Phi) is 6.87. The maximum absolute atomic E-state index is 13.1. The number of esters is 1. The van der Waals surface area contributed by atoms with Crippen molar-refractivity contribution < 1.29 is 27.3 Å². The minimum atomic E-state index is -4.18. The molecule has 0 atom stereocenters. The Balaban J connectivity index is 1.98. The number of nitrogens with zero attached hydrogens (tertiary/aromatic N) is 1. The Bertz CT molecular complexity index is 1380. The predicted molar refractivity (Wildman–Crippen MR) is 126 cm³/mol. The zero-order valence-electron chi connectivity index (χ0n) is 18.7. The van der Waals surface area contributed by atoms with Crippen LogP contribution in [0, 0.1) is 34.6 Å². The van der Waals surface area contributed by atoms with Gasteiger partial charge in [-0.2, -0.15) is 0 Å². The third kappa shape index (κ3) is 4.75. The number of hydrogen-bond acceptors (Lipinski definition) is 8. The van der Waals surface area contributed by atoms with Gasteiger partial charge in [-0.05, 0) is 62.8 Å². The third-order valence-electron chi connectivity index (χ3n) is 5.19. The van der Waals surface area contributed by atoms with Crippen LogP contribution < -0.4 is 14.8 Å². The van der Waals surface area contributed by atoms with Crippen molar-refractivity contribution in [3.8, 4) is 5.75 Å². The second-order valence-electron chi connectivity index (χ2n) is 7.37. The number of halogens is 1. The van der Waals surface area contributed by atoms with Crippen LogP contribution in [0.3, 0.4) is 0 Å².